The first kappa shape index (κ1) is 15.9. The minimum Gasteiger partial charge on any atom is -0.481 e. The van der Waals surface area contributed by atoms with Crippen molar-refractivity contribution in [2.45, 2.75) is 49.4 Å². The van der Waals surface area contributed by atoms with Gasteiger partial charge in [-0.2, -0.15) is 11.8 Å². The molecule has 21 heavy (non-hydrogen) atoms. The van der Waals surface area contributed by atoms with Crippen LogP contribution in [0.25, 0.3) is 0 Å². The number of fused-ring (bicyclic) bond motifs is 1. The van der Waals surface area contributed by atoms with E-state index >= 15 is 0 Å². The summed E-state index contributed by atoms with van der Waals surface area (Å²) in [6.07, 6.45) is 2.59. The first-order chi connectivity index (χ1) is 9.97. The zero-order valence-electron chi connectivity index (χ0n) is 11.7. The monoisotopic (exact) mass is 315 g/mol. The minimum absolute atomic E-state index is 0.111. The summed E-state index contributed by atoms with van der Waals surface area (Å²) < 4.78 is 0. The smallest absolute Gasteiger partial charge is 0.315 e. The molecular formula is C13H21N3O4S. The molecule has 0 aromatic heterocycles. The summed E-state index contributed by atoms with van der Waals surface area (Å²) >= 11 is 1.82. The minimum atomic E-state index is -0.871. The highest BCUT2D eigenvalue weighted by molar-refractivity contribution is 8.00. The predicted molar refractivity (Wildman–Crippen MR) is 78.9 cm³/mol. The Bertz CT molecular complexity index is 432. The summed E-state index contributed by atoms with van der Waals surface area (Å²) in [4.78, 5) is 33.2. The van der Waals surface area contributed by atoms with E-state index in [9.17, 15) is 14.4 Å². The summed E-state index contributed by atoms with van der Waals surface area (Å²) in [6, 6.07) is 0.231. The number of thioether (sulfide) groups is 1. The predicted octanol–water partition coefficient (Wildman–Crippen LogP) is 0.288. The highest BCUT2D eigenvalue weighted by Gasteiger charge is 2.42. The number of nitrogens with two attached hydrogens (primary N) is 1. The molecule has 2 aliphatic rings. The molecule has 3 amide bonds. The number of hydrogen-bond donors (Lipinski definition) is 4. The number of aliphatic carboxylic acids is 1. The largest absolute Gasteiger partial charge is 0.481 e. The summed E-state index contributed by atoms with van der Waals surface area (Å²) in [5, 5.41) is 15.3. The van der Waals surface area contributed by atoms with E-state index in [4.69, 9.17) is 10.8 Å². The number of carboxylic acid groups (broad SMARTS) is 1. The molecule has 0 aromatic carbocycles. The van der Waals surface area contributed by atoms with Gasteiger partial charge in [-0.1, -0.05) is 6.42 Å². The molecule has 7 nitrogen and oxygen atoms in total. The number of primary amides is 1. The molecular weight excluding hydrogens is 294 g/mol. The van der Waals surface area contributed by atoms with E-state index in [1.165, 1.54) is 0 Å². The zero-order valence-corrected chi connectivity index (χ0v) is 12.5. The van der Waals surface area contributed by atoms with Crippen LogP contribution in [0, 0.1) is 5.92 Å². The standard InChI is InChI=1S/C13H21N3O4S/c14-10(17)5-4-7(12(18)19)2-1-3-9-11-8(6-21-9)15-13(20)16-11/h7-9,11H,1-6H2,(H2,14,17)(H,18,19)(H2,15,16,20)/t7?,8-,9-,11-/m0/s1. The van der Waals surface area contributed by atoms with Crippen molar-refractivity contribution < 1.29 is 19.5 Å². The Hall–Kier alpha value is -1.44. The van der Waals surface area contributed by atoms with Gasteiger partial charge >= 0.3 is 12.0 Å². The van der Waals surface area contributed by atoms with Gasteiger partial charge in [0, 0.05) is 17.4 Å². The zero-order chi connectivity index (χ0) is 15.4. The number of urea groups is 1. The number of carbonyl (C=O) groups excluding carboxylic acids is 2. The van der Waals surface area contributed by atoms with E-state index in [1.807, 2.05) is 11.8 Å². The molecule has 2 saturated heterocycles. The summed E-state index contributed by atoms with van der Waals surface area (Å²) in [5.74, 6) is -0.951. The Balaban J connectivity index is 1.73. The first-order valence-corrected chi connectivity index (χ1v) is 8.22. The lowest BCUT2D eigenvalue weighted by atomic mass is 9.94. The van der Waals surface area contributed by atoms with E-state index in [2.05, 4.69) is 10.6 Å². The lowest BCUT2D eigenvalue weighted by molar-refractivity contribution is -0.142. The highest BCUT2D eigenvalue weighted by atomic mass is 32.2. The van der Waals surface area contributed by atoms with Crippen LogP contribution in [0.15, 0.2) is 0 Å². The highest BCUT2D eigenvalue weighted by Crippen LogP contribution is 2.33. The maximum atomic E-state index is 11.3. The number of carbonyl (C=O) groups is 3. The average molecular weight is 315 g/mol. The van der Waals surface area contributed by atoms with Crippen molar-refractivity contribution in [3.05, 3.63) is 0 Å². The fraction of sp³-hybridized carbons (Fsp3) is 0.769. The summed E-state index contributed by atoms with van der Waals surface area (Å²) in [7, 11) is 0. The first-order valence-electron chi connectivity index (χ1n) is 7.17. The molecule has 0 spiro atoms. The fourth-order valence-electron chi connectivity index (χ4n) is 2.92. The lowest BCUT2D eigenvalue weighted by Crippen LogP contribution is -2.36. The molecule has 0 radical (unpaired) electrons. The van der Waals surface area contributed by atoms with Gasteiger partial charge < -0.3 is 21.5 Å². The van der Waals surface area contributed by atoms with E-state index in [0.717, 1.165) is 18.6 Å². The molecule has 8 heteroatoms. The third-order valence-electron chi connectivity index (χ3n) is 4.07. The molecule has 0 bridgehead atoms. The van der Waals surface area contributed by atoms with Crippen molar-refractivity contribution >= 4 is 29.7 Å². The van der Waals surface area contributed by atoms with Crippen LogP contribution >= 0.6 is 11.8 Å². The van der Waals surface area contributed by atoms with Crippen molar-refractivity contribution in [3.8, 4) is 0 Å². The SMILES string of the molecule is NC(=O)CCC(CCC[C@@H]1SC[C@@H]2NC(=O)N[C@@H]21)C(=O)O. The molecule has 0 aromatic rings. The quantitative estimate of drug-likeness (QED) is 0.480. The molecule has 4 atom stereocenters. The average Bonchev–Trinajstić information content (AvgIpc) is 2.92. The molecule has 2 heterocycles. The second kappa shape index (κ2) is 7.02. The van der Waals surface area contributed by atoms with Gasteiger partial charge in [0.1, 0.15) is 0 Å². The topological polar surface area (TPSA) is 122 Å². The third-order valence-corrected chi connectivity index (χ3v) is 5.58. The Morgan fingerprint density at radius 2 is 2.14 bits per heavy atom. The van der Waals surface area contributed by atoms with Gasteiger partial charge in [-0.25, -0.2) is 4.79 Å². The van der Waals surface area contributed by atoms with Gasteiger partial charge in [-0.3, -0.25) is 9.59 Å². The fourth-order valence-corrected chi connectivity index (χ4v) is 4.46. The number of nitrogens with one attached hydrogen (secondary N) is 2. The van der Waals surface area contributed by atoms with Gasteiger partial charge in [-0.15, -0.1) is 0 Å². The Labute approximate surface area is 127 Å². The summed E-state index contributed by atoms with van der Waals surface area (Å²) in [5.41, 5.74) is 5.06. The van der Waals surface area contributed by atoms with Crippen LogP contribution in [0.1, 0.15) is 32.1 Å². The molecule has 2 rings (SSSR count). The maximum Gasteiger partial charge on any atom is 0.315 e. The lowest BCUT2D eigenvalue weighted by Gasteiger charge is -2.18. The Kier molecular flexibility index (Phi) is 5.33. The number of carboxylic acids is 1. The normalized spacial score (nSPS) is 28.6. The van der Waals surface area contributed by atoms with E-state index < -0.39 is 17.8 Å². The van der Waals surface area contributed by atoms with Crippen LogP contribution in [-0.4, -0.2) is 46.1 Å². The van der Waals surface area contributed by atoms with E-state index in [-0.39, 0.29) is 24.5 Å². The van der Waals surface area contributed by atoms with E-state index in [0.29, 0.717) is 18.1 Å². The molecule has 0 saturated carbocycles. The number of rotatable bonds is 8. The van der Waals surface area contributed by atoms with Crippen molar-refractivity contribution in [2.75, 3.05) is 5.75 Å². The van der Waals surface area contributed by atoms with Gasteiger partial charge in [0.2, 0.25) is 5.91 Å². The van der Waals surface area contributed by atoms with Crippen LogP contribution < -0.4 is 16.4 Å². The van der Waals surface area contributed by atoms with Gasteiger partial charge in [-0.05, 0) is 19.3 Å². The molecule has 5 N–H and O–H groups in total. The van der Waals surface area contributed by atoms with Crippen LogP contribution in [0.4, 0.5) is 4.79 Å². The van der Waals surface area contributed by atoms with Gasteiger partial charge in [0.25, 0.3) is 0 Å². The molecule has 2 aliphatic heterocycles. The third kappa shape index (κ3) is 4.26. The van der Waals surface area contributed by atoms with Crippen LogP contribution in [0.2, 0.25) is 0 Å². The number of amides is 3. The van der Waals surface area contributed by atoms with E-state index in [1.54, 1.807) is 0 Å². The molecule has 2 fully saturated rings. The Morgan fingerprint density at radius 1 is 1.38 bits per heavy atom. The second-order valence-electron chi connectivity index (χ2n) is 5.59. The molecule has 118 valence electrons. The maximum absolute atomic E-state index is 11.3. The van der Waals surface area contributed by atoms with Crippen molar-refractivity contribution in [2.24, 2.45) is 11.7 Å². The van der Waals surface area contributed by atoms with Crippen LogP contribution in [-0.2, 0) is 9.59 Å². The van der Waals surface area contributed by atoms with Gasteiger partial charge in [0.05, 0.1) is 18.0 Å². The number of hydrogen-bond acceptors (Lipinski definition) is 4. The van der Waals surface area contributed by atoms with Crippen LogP contribution in [0.5, 0.6) is 0 Å². The van der Waals surface area contributed by atoms with Crippen LogP contribution in [0.3, 0.4) is 0 Å². The Morgan fingerprint density at radius 3 is 2.81 bits per heavy atom. The van der Waals surface area contributed by atoms with Crippen molar-refractivity contribution in [1.29, 1.82) is 0 Å². The van der Waals surface area contributed by atoms with Gasteiger partial charge in [0.15, 0.2) is 0 Å². The summed E-state index contributed by atoms with van der Waals surface area (Å²) in [6.45, 7) is 0. The second-order valence-corrected chi connectivity index (χ2v) is 6.87. The van der Waals surface area contributed by atoms with Crippen molar-refractivity contribution in [3.63, 3.8) is 0 Å². The molecule has 1 unspecified atom stereocenters. The van der Waals surface area contributed by atoms with Crippen molar-refractivity contribution in [1.82, 2.24) is 10.6 Å². The molecule has 0 aliphatic carbocycles.